The van der Waals surface area contributed by atoms with Crippen LogP contribution in [0.15, 0.2) is 51.9 Å². The first-order chi connectivity index (χ1) is 12.7. The lowest BCUT2D eigenvalue weighted by molar-refractivity contribution is 0.100. The Morgan fingerprint density at radius 3 is 2.56 bits per heavy atom. The molecule has 0 aliphatic heterocycles. The molecule has 0 unspecified atom stereocenters. The van der Waals surface area contributed by atoms with Crippen molar-refractivity contribution < 1.29 is 4.79 Å². The van der Waals surface area contributed by atoms with Crippen molar-refractivity contribution in [1.82, 2.24) is 14.5 Å². The minimum absolute atomic E-state index is 0.207. The Hall–Kier alpha value is -2.47. The van der Waals surface area contributed by atoms with E-state index in [2.05, 4.69) is 52.3 Å². The first-order valence-electron chi connectivity index (χ1n) is 8.71. The lowest BCUT2D eigenvalue weighted by atomic mass is 10.0. The quantitative estimate of drug-likeness (QED) is 0.439. The maximum Gasteiger partial charge on any atom is 0.279 e. The van der Waals surface area contributed by atoms with E-state index >= 15 is 0 Å². The second kappa shape index (κ2) is 7.27. The number of nitrogens with zero attached hydrogens (tertiary/aromatic N) is 4. The Balaban J connectivity index is 2.26. The molecule has 6 heteroatoms. The summed E-state index contributed by atoms with van der Waals surface area (Å²) in [6, 6.07) is 13.6. The van der Waals surface area contributed by atoms with Gasteiger partial charge in [-0.05, 0) is 45.0 Å². The van der Waals surface area contributed by atoms with Crippen molar-refractivity contribution in [3.63, 3.8) is 0 Å². The van der Waals surface area contributed by atoms with Crippen molar-refractivity contribution in [3.8, 4) is 11.4 Å². The number of imidazole rings is 1. The number of hydrogen-bond acceptors (Lipinski definition) is 2. The van der Waals surface area contributed by atoms with E-state index in [0.717, 1.165) is 26.9 Å². The predicted octanol–water partition coefficient (Wildman–Crippen LogP) is 4.95. The van der Waals surface area contributed by atoms with Gasteiger partial charge in [-0.3, -0.25) is 4.79 Å². The molecule has 3 rings (SSSR count). The van der Waals surface area contributed by atoms with E-state index in [0.29, 0.717) is 5.56 Å². The molecule has 0 radical (unpaired) electrons. The first kappa shape index (κ1) is 19.3. The van der Waals surface area contributed by atoms with Gasteiger partial charge in [-0.2, -0.15) is 4.99 Å². The van der Waals surface area contributed by atoms with Gasteiger partial charge >= 0.3 is 0 Å². The molecule has 140 valence electrons. The van der Waals surface area contributed by atoms with E-state index in [9.17, 15) is 4.79 Å². The lowest BCUT2D eigenvalue weighted by Crippen LogP contribution is -2.23. The summed E-state index contributed by atoms with van der Waals surface area (Å²) < 4.78 is 3.15. The molecular formula is C21H23BrN4O. The fourth-order valence-electron chi connectivity index (χ4n) is 3.02. The summed E-state index contributed by atoms with van der Waals surface area (Å²) in [5, 5.41) is 0. The number of carbonyl (C=O) groups is 1. The highest BCUT2D eigenvalue weighted by Crippen LogP contribution is 2.34. The SMILES string of the molecule is CN(C)C=NC(=O)c1ccccc1-c1nc2cc(Br)ccc2n1C(C)(C)C. The van der Waals surface area contributed by atoms with Crippen molar-refractivity contribution in [3.05, 3.63) is 52.5 Å². The molecular weight excluding hydrogens is 404 g/mol. The second-order valence-electron chi connectivity index (χ2n) is 7.63. The first-order valence-corrected chi connectivity index (χ1v) is 9.50. The van der Waals surface area contributed by atoms with Gasteiger partial charge in [0.15, 0.2) is 0 Å². The minimum atomic E-state index is -0.284. The number of aliphatic imine (C=N–C) groups is 1. The third-order valence-corrected chi connectivity index (χ3v) is 4.58. The van der Waals surface area contributed by atoms with Crippen molar-refractivity contribution in [2.45, 2.75) is 26.3 Å². The van der Waals surface area contributed by atoms with Gasteiger partial charge in [-0.15, -0.1) is 0 Å². The molecule has 0 aliphatic rings. The zero-order valence-corrected chi connectivity index (χ0v) is 17.8. The van der Waals surface area contributed by atoms with Crippen LogP contribution in [-0.4, -0.2) is 40.8 Å². The highest BCUT2D eigenvalue weighted by molar-refractivity contribution is 9.10. The maximum absolute atomic E-state index is 12.7. The van der Waals surface area contributed by atoms with E-state index in [4.69, 9.17) is 4.98 Å². The molecule has 0 aliphatic carbocycles. The van der Waals surface area contributed by atoms with Crippen LogP contribution < -0.4 is 0 Å². The van der Waals surface area contributed by atoms with Gasteiger partial charge in [0.1, 0.15) is 5.82 Å². The fraction of sp³-hybridized carbons (Fsp3) is 0.286. The van der Waals surface area contributed by atoms with Gasteiger partial charge in [0.25, 0.3) is 5.91 Å². The van der Waals surface area contributed by atoms with E-state index in [1.54, 1.807) is 11.0 Å². The van der Waals surface area contributed by atoms with Gasteiger partial charge in [0, 0.05) is 29.7 Å². The number of amides is 1. The Kier molecular flexibility index (Phi) is 5.20. The van der Waals surface area contributed by atoms with Crippen LogP contribution in [0.5, 0.6) is 0 Å². The van der Waals surface area contributed by atoms with Gasteiger partial charge in [-0.1, -0.05) is 34.1 Å². The molecule has 0 N–H and O–H groups in total. The molecule has 1 aromatic heterocycles. The highest BCUT2D eigenvalue weighted by atomic mass is 79.9. The van der Waals surface area contributed by atoms with Crippen molar-refractivity contribution in [2.75, 3.05) is 14.1 Å². The highest BCUT2D eigenvalue weighted by Gasteiger charge is 2.25. The van der Waals surface area contributed by atoms with Crippen LogP contribution >= 0.6 is 15.9 Å². The average molecular weight is 427 g/mol. The number of benzene rings is 2. The molecule has 3 aromatic rings. The molecule has 27 heavy (non-hydrogen) atoms. The topological polar surface area (TPSA) is 50.5 Å². The summed E-state index contributed by atoms with van der Waals surface area (Å²) in [4.78, 5) is 23.4. The van der Waals surface area contributed by atoms with E-state index in [-0.39, 0.29) is 11.4 Å². The zero-order chi connectivity index (χ0) is 19.8. The van der Waals surface area contributed by atoms with Crippen molar-refractivity contribution in [1.29, 1.82) is 0 Å². The predicted molar refractivity (Wildman–Crippen MR) is 114 cm³/mol. The Bertz CT molecular complexity index is 1030. The lowest BCUT2D eigenvalue weighted by Gasteiger charge is -2.25. The Morgan fingerprint density at radius 2 is 1.89 bits per heavy atom. The molecule has 1 heterocycles. The number of halogens is 1. The summed E-state index contributed by atoms with van der Waals surface area (Å²) in [6.07, 6.45) is 1.52. The maximum atomic E-state index is 12.7. The van der Waals surface area contributed by atoms with Crippen molar-refractivity contribution in [2.24, 2.45) is 4.99 Å². The smallest absolute Gasteiger partial charge is 0.279 e. The van der Waals surface area contributed by atoms with Crippen LogP contribution in [0.1, 0.15) is 31.1 Å². The number of hydrogen-bond donors (Lipinski definition) is 0. The standard InChI is InChI=1S/C21H23BrN4O/c1-21(2,3)26-18-11-10-14(22)12-17(18)24-19(26)15-8-6-7-9-16(15)20(27)23-13-25(4)5/h6-13H,1-5H3. The molecule has 1 amide bonds. The molecule has 0 saturated carbocycles. The molecule has 0 saturated heterocycles. The van der Waals surface area contributed by atoms with Crippen LogP contribution in [0.4, 0.5) is 0 Å². The van der Waals surface area contributed by atoms with Gasteiger partial charge in [-0.25, -0.2) is 4.98 Å². The number of fused-ring (bicyclic) bond motifs is 1. The third kappa shape index (κ3) is 3.95. The van der Waals surface area contributed by atoms with Crippen LogP contribution in [0.2, 0.25) is 0 Å². The fourth-order valence-corrected chi connectivity index (χ4v) is 3.36. The molecule has 0 bridgehead atoms. The molecule has 0 spiro atoms. The van der Waals surface area contributed by atoms with Gasteiger partial charge in [0.05, 0.1) is 22.9 Å². The molecule has 5 nitrogen and oxygen atoms in total. The summed E-state index contributed by atoms with van der Waals surface area (Å²) in [7, 11) is 3.67. The molecule has 2 aromatic carbocycles. The number of aromatic nitrogens is 2. The summed E-state index contributed by atoms with van der Waals surface area (Å²) in [5.41, 5.74) is 3.02. The van der Waals surface area contributed by atoms with Gasteiger partial charge < -0.3 is 9.47 Å². The van der Waals surface area contributed by atoms with E-state index < -0.39 is 0 Å². The largest absolute Gasteiger partial charge is 0.369 e. The summed E-state index contributed by atoms with van der Waals surface area (Å²) >= 11 is 3.52. The minimum Gasteiger partial charge on any atom is -0.369 e. The van der Waals surface area contributed by atoms with E-state index in [1.807, 2.05) is 44.4 Å². The van der Waals surface area contributed by atoms with E-state index in [1.165, 1.54) is 6.34 Å². The molecule has 0 fully saturated rings. The number of rotatable bonds is 3. The zero-order valence-electron chi connectivity index (χ0n) is 16.2. The Morgan fingerprint density at radius 1 is 1.19 bits per heavy atom. The second-order valence-corrected chi connectivity index (χ2v) is 8.55. The average Bonchev–Trinajstić information content (AvgIpc) is 2.98. The van der Waals surface area contributed by atoms with Crippen LogP contribution in [0.25, 0.3) is 22.4 Å². The van der Waals surface area contributed by atoms with Gasteiger partial charge in [0.2, 0.25) is 0 Å². The Labute approximate surface area is 167 Å². The normalized spacial score (nSPS) is 12.1. The molecule has 0 atom stereocenters. The monoisotopic (exact) mass is 426 g/mol. The van der Waals surface area contributed by atoms with Crippen LogP contribution in [-0.2, 0) is 5.54 Å². The van der Waals surface area contributed by atoms with Crippen molar-refractivity contribution >= 4 is 39.2 Å². The summed E-state index contributed by atoms with van der Waals surface area (Å²) in [5.74, 6) is 0.479. The van der Waals surface area contributed by atoms with Crippen LogP contribution in [0, 0.1) is 0 Å². The van der Waals surface area contributed by atoms with Crippen LogP contribution in [0.3, 0.4) is 0 Å². The third-order valence-electron chi connectivity index (χ3n) is 4.09. The summed E-state index contributed by atoms with van der Waals surface area (Å²) in [6.45, 7) is 6.40. The number of carbonyl (C=O) groups excluding carboxylic acids is 1.